The third-order valence-corrected chi connectivity index (χ3v) is 5.54. The first-order chi connectivity index (χ1) is 13.2. The van der Waals surface area contributed by atoms with E-state index in [1.807, 2.05) is 34.8 Å². The summed E-state index contributed by atoms with van der Waals surface area (Å²) in [5.74, 6) is 1.18. The molecule has 1 saturated heterocycles. The molecule has 0 radical (unpaired) electrons. The van der Waals surface area contributed by atoms with Crippen LogP contribution in [0.15, 0.2) is 23.0 Å². The zero-order valence-electron chi connectivity index (χ0n) is 16.0. The third-order valence-electron chi connectivity index (χ3n) is 4.80. The molecule has 6 nitrogen and oxygen atoms in total. The summed E-state index contributed by atoms with van der Waals surface area (Å²) < 4.78 is 10.7. The molecular weight excluding hydrogens is 362 g/mol. The van der Waals surface area contributed by atoms with E-state index in [1.165, 1.54) is 0 Å². The van der Waals surface area contributed by atoms with Crippen LogP contribution >= 0.6 is 11.3 Å². The van der Waals surface area contributed by atoms with E-state index in [4.69, 9.17) is 14.5 Å². The zero-order chi connectivity index (χ0) is 19.1. The largest absolute Gasteiger partial charge is 0.382 e. The number of methoxy groups -OCH3 is 1. The second kappa shape index (κ2) is 9.92. The van der Waals surface area contributed by atoms with Crippen molar-refractivity contribution in [3.8, 4) is 0 Å². The van der Waals surface area contributed by atoms with Gasteiger partial charge in [-0.1, -0.05) is 0 Å². The van der Waals surface area contributed by atoms with Gasteiger partial charge in [0.1, 0.15) is 5.82 Å². The van der Waals surface area contributed by atoms with Gasteiger partial charge < -0.3 is 14.4 Å². The molecule has 3 heterocycles. The molecule has 1 aliphatic rings. The summed E-state index contributed by atoms with van der Waals surface area (Å²) >= 11 is 1.63. The molecule has 1 atom stereocenters. The van der Waals surface area contributed by atoms with Gasteiger partial charge in [-0.05, 0) is 42.2 Å². The molecule has 146 valence electrons. The maximum atomic E-state index is 12.7. The number of amides is 1. The molecule has 1 aliphatic heterocycles. The van der Waals surface area contributed by atoms with E-state index in [1.54, 1.807) is 18.4 Å². The first-order valence-electron chi connectivity index (χ1n) is 9.35. The highest BCUT2D eigenvalue weighted by Crippen LogP contribution is 2.28. The Labute approximate surface area is 164 Å². The molecule has 0 N–H and O–H groups in total. The van der Waals surface area contributed by atoms with Crippen LogP contribution in [0, 0.1) is 6.92 Å². The minimum absolute atomic E-state index is 0.196. The number of rotatable bonds is 8. The minimum atomic E-state index is 0.196. The van der Waals surface area contributed by atoms with E-state index < -0.39 is 0 Å². The summed E-state index contributed by atoms with van der Waals surface area (Å²) in [6, 6.07) is 2.02. The van der Waals surface area contributed by atoms with E-state index >= 15 is 0 Å². The topological polar surface area (TPSA) is 64.6 Å². The summed E-state index contributed by atoms with van der Waals surface area (Å²) in [6.07, 6.45) is 4.36. The van der Waals surface area contributed by atoms with Crippen molar-refractivity contribution in [1.82, 2.24) is 14.9 Å². The number of thiophene rings is 1. The Hall–Kier alpha value is -1.83. The number of nitrogens with zero attached hydrogens (tertiary/aromatic N) is 3. The number of aryl methyl sites for hydroxylation is 1. The number of hydrogen-bond acceptors (Lipinski definition) is 6. The molecule has 27 heavy (non-hydrogen) atoms. The molecule has 3 rings (SSSR count). The average Bonchev–Trinajstić information content (AvgIpc) is 3.19. The molecule has 1 fully saturated rings. The number of hydrogen-bond donors (Lipinski definition) is 0. The summed E-state index contributed by atoms with van der Waals surface area (Å²) in [5, 5.41) is 4.06. The molecule has 0 aromatic carbocycles. The zero-order valence-corrected chi connectivity index (χ0v) is 16.8. The molecular formula is C20H27N3O3S. The molecule has 0 aliphatic carbocycles. The molecule has 0 spiro atoms. The number of carbonyl (C=O) groups excluding carboxylic acids is 1. The van der Waals surface area contributed by atoms with E-state index in [2.05, 4.69) is 4.98 Å². The number of piperidine rings is 1. The summed E-state index contributed by atoms with van der Waals surface area (Å²) in [5.41, 5.74) is 3.12. The van der Waals surface area contributed by atoms with E-state index in [9.17, 15) is 4.79 Å². The van der Waals surface area contributed by atoms with Gasteiger partial charge in [-0.25, -0.2) is 9.97 Å². The molecule has 0 saturated carbocycles. The standard InChI is InChI=1S/C20H27N3O3S/c1-15-21-11-18(13-26-8-7-25-2)20(22-15)17-4-3-6-23(12-17)19(24)10-16-5-9-27-14-16/h5,9,11,14,17H,3-4,6-8,10,12-13H2,1-2H3. The lowest BCUT2D eigenvalue weighted by Gasteiger charge is -2.33. The predicted molar refractivity (Wildman–Crippen MR) is 105 cm³/mol. The summed E-state index contributed by atoms with van der Waals surface area (Å²) in [7, 11) is 1.66. The Morgan fingerprint density at radius 3 is 3.07 bits per heavy atom. The first-order valence-corrected chi connectivity index (χ1v) is 10.3. The summed E-state index contributed by atoms with van der Waals surface area (Å²) in [6.45, 7) is 5.02. The maximum absolute atomic E-state index is 12.7. The van der Waals surface area contributed by atoms with Crippen molar-refractivity contribution in [3.05, 3.63) is 45.7 Å². The van der Waals surface area contributed by atoms with Crippen LogP contribution in [0.1, 0.15) is 41.4 Å². The first kappa shape index (κ1) is 19.9. The Morgan fingerprint density at radius 2 is 2.30 bits per heavy atom. The SMILES string of the molecule is COCCOCc1cnc(C)nc1C1CCCN(C(=O)Cc2ccsc2)C1. The van der Waals surface area contributed by atoms with Crippen LogP contribution in [-0.2, 0) is 27.3 Å². The van der Waals surface area contributed by atoms with Gasteiger partial charge in [0.15, 0.2) is 0 Å². The van der Waals surface area contributed by atoms with Gasteiger partial charge in [-0.2, -0.15) is 11.3 Å². The van der Waals surface area contributed by atoms with Gasteiger partial charge in [0.2, 0.25) is 5.91 Å². The Kier molecular flexibility index (Phi) is 7.32. The number of ether oxygens (including phenoxy) is 2. The Balaban J connectivity index is 1.67. The number of carbonyl (C=O) groups is 1. The molecule has 7 heteroatoms. The van der Waals surface area contributed by atoms with Crippen molar-refractivity contribution in [1.29, 1.82) is 0 Å². The van der Waals surface area contributed by atoms with Crippen LogP contribution in [0.5, 0.6) is 0 Å². The lowest BCUT2D eigenvalue weighted by molar-refractivity contribution is -0.131. The smallest absolute Gasteiger partial charge is 0.227 e. The number of aromatic nitrogens is 2. The van der Waals surface area contributed by atoms with Crippen LogP contribution in [0.2, 0.25) is 0 Å². The lowest BCUT2D eigenvalue weighted by atomic mass is 9.91. The maximum Gasteiger partial charge on any atom is 0.227 e. The molecule has 2 aromatic heterocycles. The Bertz CT molecular complexity index is 736. The van der Waals surface area contributed by atoms with Crippen LogP contribution in [0.4, 0.5) is 0 Å². The van der Waals surface area contributed by atoms with Gasteiger partial charge >= 0.3 is 0 Å². The fraction of sp³-hybridized carbons (Fsp3) is 0.550. The van der Waals surface area contributed by atoms with Crippen molar-refractivity contribution in [2.45, 2.75) is 38.7 Å². The van der Waals surface area contributed by atoms with Crippen LogP contribution in [-0.4, -0.2) is 54.2 Å². The monoisotopic (exact) mass is 389 g/mol. The Morgan fingerprint density at radius 1 is 1.41 bits per heavy atom. The van der Waals surface area contributed by atoms with Crippen LogP contribution < -0.4 is 0 Å². The fourth-order valence-electron chi connectivity index (χ4n) is 3.41. The van der Waals surface area contributed by atoms with Gasteiger partial charge in [-0.3, -0.25) is 4.79 Å². The van der Waals surface area contributed by atoms with Crippen molar-refractivity contribution in [2.75, 3.05) is 33.4 Å². The molecule has 1 amide bonds. The van der Waals surface area contributed by atoms with Gasteiger partial charge in [0.05, 0.1) is 31.9 Å². The fourth-order valence-corrected chi connectivity index (χ4v) is 4.08. The van der Waals surface area contributed by atoms with E-state index in [0.29, 0.717) is 32.8 Å². The number of likely N-dealkylation sites (tertiary alicyclic amines) is 1. The van der Waals surface area contributed by atoms with Gasteiger partial charge in [0, 0.05) is 37.9 Å². The second-order valence-electron chi connectivity index (χ2n) is 6.86. The third kappa shape index (κ3) is 5.57. The average molecular weight is 390 g/mol. The molecule has 2 aromatic rings. The molecule has 1 unspecified atom stereocenters. The minimum Gasteiger partial charge on any atom is -0.382 e. The van der Waals surface area contributed by atoms with E-state index in [0.717, 1.165) is 42.0 Å². The summed E-state index contributed by atoms with van der Waals surface area (Å²) in [4.78, 5) is 23.7. The van der Waals surface area contributed by atoms with Crippen LogP contribution in [0.25, 0.3) is 0 Å². The van der Waals surface area contributed by atoms with Crippen molar-refractivity contribution in [2.24, 2.45) is 0 Å². The van der Waals surface area contributed by atoms with Crippen molar-refractivity contribution >= 4 is 17.2 Å². The second-order valence-corrected chi connectivity index (χ2v) is 7.64. The highest BCUT2D eigenvalue weighted by atomic mass is 32.1. The van der Waals surface area contributed by atoms with Crippen LogP contribution in [0.3, 0.4) is 0 Å². The quantitative estimate of drug-likeness (QED) is 0.650. The van der Waals surface area contributed by atoms with Gasteiger partial charge in [-0.15, -0.1) is 0 Å². The highest BCUT2D eigenvalue weighted by molar-refractivity contribution is 7.08. The predicted octanol–water partition coefficient (Wildman–Crippen LogP) is 2.96. The van der Waals surface area contributed by atoms with Crippen molar-refractivity contribution < 1.29 is 14.3 Å². The van der Waals surface area contributed by atoms with E-state index in [-0.39, 0.29) is 11.8 Å². The normalized spacial score (nSPS) is 17.3. The van der Waals surface area contributed by atoms with Gasteiger partial charge in [0.25, 0.3) is 0 Å². The lowest BCUT2D eigenvalue weighted by Crippen LogP contribution is -2.40. The highest BCUT2D eigenvalue weighted by Gasteiger charge is 2.27. The van der Waals surface area contributed by atoms with Crippen molar-refractivity contribution in [3.63, 3.8) is 0 Å². The molecule has 0 bridgehead atoms.